The van der Waals surface area contributed by atoms with E-state index >= 15 is 0 Å². The van der Waals surface area contributed by atoms with Gasteiger partial charge in [0.1, 0.15) is 17.2 Å². The molecule has 0 spiro atoms. The summed E-state index contributed by atoms with van der Waals surface area (Å²) in [5.41, 5.74) is 1.78. The Morgan fingerprint density at radius 1 is 0.750 bits per heavy atom. The summed E-state index contributed by atoms with van der Waals surface area (Å²) in [5.74, 6) is 0.683. The second kappa shape index (κ2) is 16.3. The van der Waals surface area contributed by atoms with Gasteiger partial charge >= 0.3 is 11.9 Å². The highest BCUT2D eigenvalue weighted by atomic mass is 16.7. The van der Waals surface area contributed by atoms with Crippen LogP contribution in [0.5, 0.6) is 17.2 Å². The molecule has 0 atom stereocenters. The maximum absolute atomic E-state index is 13.3. The summed E-state index contributed by atoms with van der Waals surface area (Å²) < 4.78 is 28.5. The van der Waals surface area contributed by atoms with Crippen molar-refractivity contribution in [2.24, 2.45) is 10.8 Å². The predicted octanol–water partition coefficient (Wildman–Crippen LogP) is 8.13. The largest absolute Gasteiger partial charge is 0.490 e. The first-order chi connectivity index (χ1) is 20.6. The highest BCUT2D eigenvalue weighted by molar-refractivity contribution is 6.07. The Labute approximate surface area is 263 Å². The van der Waals surface area contributed by atoms with Crippen molar-refractivity contribution in [3.8, 4) is 17.2 Å². The Balaban J connectivity index is 2.41. The zero-order valence-corrected chi connectivity index (χ0v) is 28.1. The highest BCUT2D eigenvalue weighted by Crippen LogP contribution is 2.39. The fourth-order valence-electron chi connectivity index (χ4n) is 4.09. The minimum Gasteiger partial charge on any atom is -0.490 e. The first-order valence-corrected chi connectivity index (χ1v) is 15.4. The molecule has 8 nitrogen and oxygen atoms in total. The van der Waals surface area contributed by atoms with Gasteiger partial charge in [-0.1, -0.05) is 26.7 Å². The number of ether oxygens (including phenoxy) is 5. The van der Waals surface area contributed by atoms with Gasteiger partial charge in [0.25, 0.3) is 0 Å². The molecule has 2 aromatic carbocycles. The molecule has 242 valence electrons. The molecule has 0 fully saturated rings. The van der Waals surface area contributed by atoms with E-state index in [4.69, 9.17) is 23.7 Å². The summed E-state index contributed by atoms with van der Waals surface area (Å²) >= 11 is 0. The normalized spacial score (nSPS) is 11.9. The van der Waals surface area contributed by atoms with Gasteiger partial charge in [0.2, 0.25) is 13.6 Å². The molecule has 0 N–H and O–H groups in total. The monoisotopic (exact) mass is 610 g/mol. The lowest BCUT2D eigenvalue weighted by Crippen LogP contribution is -2.25. The molecule has 0 aromatic heterocycles. The van der Waals surface area contributed by atoms with E-state index in [1.807, 2.05) is 13.8 Å². The van der Waals surface area contributed by atoms with Crippen molar-refractivity contribution in [1.82, 2.24) is 0 Å². The topological polar surface area (TPSA) is 97.4 Å². The lowest BCUT2D eigenvalue weighted by atomic mass is 9.96. The van der Waals surface area contributed by atoms with Gasteiger partial charge in [-0.25, -0.2) is 0 Å². The molecule has 0 unspecified atom stereocenters. The quantitative estimate of drug-likeness (QED) is 0.0863. The molecule has 2 aromatic rings. The molecule has 0 heterocycles. The van der Waals surface area contributed by atoms with Crippen molar-refractivity contribution in [2.45, 2.75) is 101 Å². The molecule has 0 aliphatic carbocycles. The van der Waals surface area contributed by atoms with Crippen LogP contribution < -0.4 is 14.2 Å². The van der Waals surface area contributed by atoms with E-state index in [1.165, 1.54) is 6.08 Å². The van der Waals surface area contributed by atoms with Gasteiger partial charge in [-0.2, -0.15) is 0 Å². The average Bonchev–Trinajstić information content (AvgIpc) is 2.93. The lowest BCUT2D eigenvalue weighted by Gasteiger charge is -2.23. The lowest BCUT2D eigenvalue weighted by molar-refractivity contribution is -0.160. The van der Waals surface area contributed by atoms with Crippen LogP contribution in [0.4, 0.5) is 0 Å². The van der Waals surface area contributed by atoms with E-state index in [2.05, 4.69) is 19.9 Å². The number of benzene rings is 2. The van der Waals surface area contributed by atoms with Crippen molar-refractivity contribution in [1.29, 1.82) is 0 Å². The number of carbonyl (C=O) groups excluding carboxylic acids is 3. The Morgan fingerprint density at radius 3 is 1.73 bits per heavy atom. The van der Waals surface area contributed by atoms with E-state index < -0.39 is 10.8 Å². The number of hydrogen-bond donors (Lipinski definition) is 0. The van der Waals surface area contributed by atoms with Crippen molar-refractivity contribution in [2.75, 3.05) is 13.6 Å². The molecule has 2 rings (SSSR count). The van der Waals surface area contributed by atoms with Crippen LogP contribution in [0.25, 0.3) is 6.08 Å². The standard InChI is InChI=1S/C36H50O8/c1-11-13-26-21-27(14-12-2)32(44-24(3)4)29(31(26)41-23-43-34(39)36(8,9)10)19-20-30(37)25-15-17-28(18-16-25)40-22-42-33(38)35(5,6)7/h15-21,24H,11-14,22-23H2,1-10H3/b20-19+. The molecule has 44 heavy (non-hydrogen) atoms. The van der Waals surface area contributed by atoms with Crippen molar-refractivity contribution >= 4 is 23.8 Å². The number of carbonyl (C=O) groups is 3. The van der Waals surface area contributed by atoms with Crippen LogP contribution in [0.3, 0.4) is 0 Å². The van der Waals surface area contributed by atoms with E-state index in [9.17, 15) is 14.4 Å². The van der Waals surface area contributed by atoms with Crippen LogP contribution in [0.1, 0.15) is 109 Å². The average molecular weight is 611 g/mol. The van der Waals surface area contributed by atoms with Crippen LogP contribution >= 0.6 is 0 Å². The fraction of sp³-hybridized carbons (Fsp3) is 0.528. The predicted molar refractivity (Wildman–Crippen MR) is 172 cm³/mol. The fourth-order valence-corrected chi connectivity index (χ4v) is 4.09. The van der Waals surface area contributed by atoms with Gasteiger partial charge in [0.15, 0.2) is 5.78 Å². The first kappa shape index (κ1) is 36.4. The summed E-state index contributed by atoms with van der Waals surface area (Å²) in [6, 6.07) is 8.70. The molecule has 0 saturated heterocycles. The van der Waals surface area contributed by atoms with Crippen LogP contribution in [0.15, 0.2) is 36.4 Å². The minimum atomic E-state index is -0.668. The zero-order valence-electron chi connectivity index (χ0n) is 28.1. The molecule has 0 amide bonds. The summed E-state index contributed by atoms with van der Waals surface area (Å²) in [7, 11) is 0. The van der Waals surface area contributed by atoms with E-state index in [0.29, 0.717) is 28.4 Å². The zero-order chi connectivity index (χ0) is 33.1. The maximum atomic E-state index is 13.3. The van der Waals surface area contributed by atoms with Gasteiger partial charge in [0, 0.05) is 5.56 Å². The number of allylic oxidation sites excluding steroid dienone is 1. The molecular weight excluding hydrogens is 560 g/mol. The number of aryl methyl sites for hydroxylation is 2. The molecule has 8 heteroatoms. The van der Waals surface area contributed by atoms with Gasteiger partial charge in [-0.05, 0) is 122 Å². The summed E-state index contributed by atoms with van der Waals surface area (Å²) in [5, 5.41) is 0. The highest BCUT2D eigenvalue weighted by Gasteiger charge is 2.25. The molecule has 0 saturated carbocycles. The number of rotatable bonds is 15. The third kappa shape index (κ3) is 11.0. The van der Waals surface area contributed by atoms with E-state index in [0.717, 1.165) is 36.8 Å². The second-order valence-electron chi connectivity index (χ2n) is 13.0. The molecule has 0 aliphatic rings. The van der Waals surface area contributed by atoms with Crippen molar-refractivity contribution in [3.63, 3.8) is 0 Å². The molecule has 0 bridgehead atoms. The summed E-state index contributed by atoms with van der Waals surface area (Å²) in [6.45, 7) is 18.3. The van der Waals surface area contributed by atoms with Crippen LogP contribution in [0.2, 0.25) is 0 Å². The van der Waals surface area contributed by atoms with Gasteiger partial charge in [0.05, 0.1) is 22.5 Å². The van der Waals surface area contributed by atoms with Crippen LogP contribution in [0, 0.1) is 10.8 Å². The first-order valence-electron chi connectivity index (χ1n) is 15.4. The van der Waals surface area contributed by atoms with Crippen LogP contribution in [-0.2, 0) is 31.9 Å². The SMILES string of the molecule is CCCc1cc(CCC)c(OC(C)C)c(/C=C/C(=O)c2ccc(OCOC(=O)C(C)(C)C)cc2)c1OCOC(=O)C(C)(C)C. The smallest absolute Gasteiger partial charge is 0.314 e. The maximum Gasteiger partial charge on any atom is 0.314 e. The number of hydrogen-bond acceptors (Lipinski definition) is 8. The third-order valence-electron chi connectivity index (χ3n) is 6.39. The van der Waals surface area contributed by atoms with Gasteiger partial charge < -0.3 is 23.7 Å². The van der Waals surface area contributed by atoms with Crippen LogP contribution in [-0.4, -0.2) is 37.4 Å². The van der Waals surface area contributed by atoms with E-state index in [-0.39, 0.29) is 37.4 Å². The molecule has 0 radical (unpaired) electrons. The Hall–Kier alpha value is -3.81. The Bertz CT molecular complexity index is 1290. The molecular formula is C36H50O8. The Kier molecular flexibility index (Phi) is 13.5. The molecule has 0 aliphatic heterocycles. The van der Waals surface area contributed by atoms with E-state index in [1.54, 1.807) is 71.9 Å². The number of ketones is 1. The summed E-state index contributed by atoms with van der Waals surface area (Å²) in [6.07, 6.45) is 6.41. The third-order valence-corrected chi connectivity index (χ3v) is 6.39. The van der Waals surface area contributed by atoms with Gasteiger partial charge in [-0.15, -0.1) is 0 Å². The minimum absolute atomic E-state index is 0.118. The van der Waals surface area contributed by atoms with Gasteiger partial charge in [-0.3, -0.25) is 14.4 Å². The Morgan fingerprint density at radius 2 is 1.25 bits per heavy atom. The van der Waals surface area contributed by atoms with Crippen molar-refractivity contribution < 1.29 is 38.1 Å². The van der Waals surface area contributed by atoms with Crippen molar-refractivity contribution in [3.05, 3.63) is 58.7 Å². The summed E-state index contributed by atoms with van der Waals surface area (Å²) in [4.78, 5) is 37.6. The number of esters is 2. The second-order valence-corrected chi connectivity index (χ2v) is 13.0.